The normalized spacial score (nSPS) is 15.1. The molecule has 206 valence electrons. The first-order valence-electron chi connectivity index (χ1n) is 13.3. The Bertz CT molecular complexity index is 1220. The van der Waals surface area contributed by atoms with Crippen LogP contribution in [0.2, 0.25) is 0 Å². The highest BCUT2D eigenvalue weighted by molar-refractivity contribution is 5.96. The summed E-state index contributed by atoms with van der Waals surface area (Å²) in [7, 11) is 1.58. The molecule has 1 aliphatic heterocycles. The van der Waals surface area contributed by atoms with Gasteiger partial charge in [-0.2, -0.15) is 0 Å². The van der Waals surface area contributed by atoms with Gasteiger partial charge in [0, 0.05) is 56.4 Å². The molecule has 4 rings (SSSR count). The van der Waals surface area contributed by atoms with Crippen LogP contribution in [0.1, 0.15) is 46.8 Å². The number of methoxy groups -OCH3 is 1. The Labute approximate surface area is 228 Å². The number of halogens is 2. The second-order valence-electron chi connectivity index (χ2n) is 9.84. The van der Waals surface area contributed by atoms with Gasteiger partial charge in [-0.1, -0.05) is 66.7 Å². The van der Waals surface area contributed by atoms with E-state index in [-0.39, 0.29) is 42.6 Å². The SMILES string of the molecule is COCC(NC(=O)N(Cc1ccc(F)cc1F)C1CCN(CCC(=O)c2ccccc2)CC1)c1ccccc1. The molecule has 0 spiro atoms. The van der Waals surface area contributed by atoms with Crippen molar-refractivity contribution in [3.63, 3.8) is 0 Å². The molecule has 0 aromatic heterocycles. The van der Waals surface area contributed by atoms with Gasteiger partial charge in [-0.25, -0.2) is 13.6 Å². The summed E-state index contributed by atoms with van der Waals surface area (Å²) in [6.07, 6.45) is 1.78. The van der Waals surface area contributed by atoms with E-state index in [0.717, 1.165) is 11.6 Å². The van der Waals surface area contributed by atoms with Crippen molar-refractivity contribution in [1.82, 2.24) is 15.1 Å². The molecule has 1 unspecified atom stereocenters. The van der Waals surface area contributed by atoms with Crippen LogP contribution >= 0.6 is 0 Å². The fourth-order valence-electron chi connectivity index (χ4n) is 4.99. The largest absolute Gasteiger partial charge is 0.382 e. The van der Waals surface area contributed by atoms with Crippen LogP contribution in [0.3, 0.4) is 0 Å². The van der Waals surface area contributed by atoms with E-state index in [1.807, 2.05) is 60.7 Å². The summed E-state index contributed by atoms with van der Waals surface area (Å²) in [4.78, 5) is 30.0. The van der Waals surface area contributed by atoms with E-state index >= 15 is 0 Å². The number of rotatable bonds is 11. The topological polar surface area (TPSA) is 61.9 Å². The fraction of sp³-hybridized carbons (Fsp3) is 0.355. The van der Waals surface area contributed by atoms with E-state index in [0.29, 0.717) is 44.5 Å². The van der Waals surface area contributed by atoms with Crippen molar-refractivity contribution in [2.45, 2.75) is 37.9 Å². The van der Waals surface area contributed by atoms with Gasteiger partial charge in [-0.3, -0.25) is 4.79 Å². The number of amides is 2. The molecule has 0 aliphatic carbocycles. The minimum Gasteiger partial charge on any atom is -0.382 e. The molecule has 1 heterocycles. The molecule has 1 atom stereocenters. The van der Waals surface area contributed by atoms with E-state index in [2.05, 4.69) is 10.2 Å². The van der Waals surface area contributed by atoms with E-state index in [1.54, 1.807) is 12.0 Å². The average molecular weight is 536 g/mol. The summed E-state index contributed by atoms with van der Waals surface area (Å²) in [6, 6.07) is 21.4. The zero-order chi connectivity index (χ0) is 27.6. The maximum atomic E-state index is 14.6. The van der Waals surface area contributed by atoms with Gasteiger partial charge in [0.05, 0.1) is 19.2 Å². The van der Waals surface area contributed by atoms with Gasteiger partial charge in [0.15, 0.2) is 5.78 Å². The predicted octanol–water partition coefficient (Wildman–Crippen LogP) is 5.60. The van der Waals surface area contributed by atoms with Gasteiger partial charge in [0.25, 0.3) is 0 Å². The first kappa shape index (κ1) is 28.4. The van der Waals surface area contributed by atoms with Gasteiger partial charge in [0.1, 0.15) is 11.6 Å². The van der Waals surface area contributed by atoms with E-state index in [4.69, 9.17) is 4.74 Å². The number of likely N-dealkylation sites (tertiary alicyclic amines) is 1. The van der Waals surface area contributed by atoms with E-state index in [9.17, 15) is 18.4 Å². The maximum Gasteiger partial charge on any atom is 0.318 e. The molecule has 2 amide bonds. The molecule has 0 saturated carbocycles. The third-order valence-corrected chi connectivity index (χ3v) is 7.20. The monoisotopic (exact) mass is 535 g/mol. The number of urea groups is 1. The van der Waals surface area contributed by atoms with Crippen LogP contribution in [0.15, 0.2) is 78.9 Å². The molecule has 3 aromatic carbocycles. The van der Waals surface area contributed by atoms with Crippen molar-refractivity contribution in [2.75, 3.05) is 33.4 Å². The highest BCUT2D eigenvalue weighted by Gasteiger charge is 2.30. The number of carbonyl (C=O) groups is 2. The standard InChI is InChI=1S/C31H35F2N3O3/c1-39-22-29(23-8-4-2-5-9-23)34-31(38)36(21-25-12-13-26(32)20-28(25)33)27-14-17-35(18-15-27)19-16-30(37)24-10-6-3-7-11-24/h2-13,20,27,29H,14-19,21-22H2,1H3,(H,34,38). The Kier molecular flexibility index (Phi) is 10.2. The second kappa shape index (κ2) is 14.0. The quantitative estimate of drug-likeness (QED) is 0.325. The van der Waals surface area contributed by atoms with Crippen LogP contribution in [0, 0.1) is 11.6 Å². The van der Waals surface area contributed by atoms with Crippen LogP contribution in [-0.4, -0.2) is 61.0 Å². The molecule has 8 heteroatoms. The highest BCUT2D eigenvalue weighted by Crippen LogP contribution is 2.23. The lowest BCUT2D eigenvalue weighted by Crippen LogP contribution is -2.51. The number of ether oxygens (including phenoxy) is 1. The average Bonchev–Trinajstić information content (AvgIpc) is 2.96. The third-order valence-electron chi connectivity index (χ3n) is 7.20. The summed E-state index contributed by atoms with van der Waals surface area (Å²) >= 11 is 0. The van der Waals surface area contributed by atoms with Crippen LogP contribution in [0.5, 0.6) is 0 Å². The highest BCUT2D eigenvalue weighted by atomic mass is 19.1. The molecule has 6 nitrogen and oxygen atoms in total. The number of piperidine rings is 1. The van der Waals surface area contributed by atoms with Gasteiger partial charge < -0.3 is 19.9 Å². The molecular formula is C31H35F2N3O3. The minimum atomic E-state index is -0.679. The molecule has 3 aromatic rings. The predicted molar refractivity (Wildman–Crippen MR) is 146 cm³/mol. The first-order chi connectivity index (χ1) is 18.9. The zero-order valence-corrected chi connectivity index (χ0v) is 22.2. The molecule has 1 fully saturated rings. The van der Waals surface area contributed by atoms with Crippen LogP contribution in [-0.2, 0) is 11.3 Å². The number of Topliss-reactive ketones (excluding diaryl/α,β-unsaturated/α-hetero) is 1. The van der Waals surface area contributed by atoms with Crippen molar-refractivity contribution in [1.29, 1.82) is 0 Å². The molecular weight excluding hydrogens is 500 g/mol. The first-order valence-corrected chi connectivity index (χ1v) is 13.3. The number of nitrogens with one attached hydrogen (secondary N) is 1. The summed E-state index contributed by atoms with van der Waals surface area (Å²) < 4.78 is 33.5. The Morgan fingerprint density at radius 2 is 1.67 bits per heavy atom. The maximum absolute atomic E-state index is 14.6. The molecule has 0 bridgehead atoms. The fourth-order valence-corrected chi connectivity index (χ4v) is 4.99. The third kappa shape index (κ3) is 7.94. The van der Waals surface area contributed by atoms with Gasteiger partial charge in [0.2, 0.25) is 0 Å². The number of ketones is 1. The zero-order valence-electron chi connectivity index (χ0n) is 22.2. The van der Waals surface area contributed by atoms with Crippen molar-refractivity contribution in [2.24, 2.45) is 0 Å². The van der Waals surface area contributed by atoms with Crippen LogP contribution in [0.25, 0.3) is 0 Å². The lowest BCUT2D eigenvalue weighted by Gasteiger charge is -2.39. The number of nitrogens with zero attached hydrogens (tertiary/aromatic N) is 2. The Morgan fingerprint density at radius 1 is 1.00 bits per heavy atom. The lowest BCUT2D eigenvalue weighted by molar-refractivity contribution is 0.0917. The van der Waals surface area contributed by atoms with E-state index < -0.39 is 11.6 Å². The Hall–Kier alpha value is -3.62. The van der Waals surface area contributed by atoms with Gasteiger partial charge in [-0.15, -0.1) is 0 Å². The summed E-state index contributed by atoms with van der Waals surface area (Å²) in [6.45, 7) is 2.36. The van der Waals surface area contributed by atoms with Crippen molar-refractivity contribution in [3.8, 4) is 0 Å². The Balaban J connectivity index is 1.43. The van der Waals surface area contributed by atoms with Crippen molar-refractivity contribution in [3.05, 3.63) is 107 Å². The summed E-state index contributed by atoms with van der Waals surface area (Å²) in [5.74, 6) is -1.23. The van der Waals surface area contributed by atoms with Gasteiger partial charge in [-0.05, 0) is 24.5 Å². The number of carbonyl (C=O) groups excluding carboxylic acids is 2. The summed E-state index contributed by atoms with van der Waals surface area (Å²) in [5, 5.41) is 3.06. The molecule has 1 saturated heterocycles. The molecule has 1 aliphatic rings. The van der Waals surface area contributed by atoms with E-state index in [1.165, 1.54) is 12.1 Å². The number of benzene rings is 3. The number of hydrogen-bond acceptors (Lipinski definition) is 4. The number of hydrogen-bond donors (Lipinski definition) is 1. The lowest BCUT2D eigenvalue weighted by atomic mass is 10.0. The summed E-state index contributed by atoms with van der Waals surface area (Å²) in [5.41, 5.74) is 1.87. The second-order valence-corrected chi connectivity index (χ2v) is 9.84. The van der Waals surface area contributed by atoms with Gasteiger partial charge >= 0.3 is 6.03 Å². The molecule has 1 N–H and O–H groups in total. The minimum absolute atomic E-state index is 0.0175. The smallest absolute Gasteiger partial charge is 0.318 e. The van der Waals surface area contributed by atoms with Crippen molar-refractivity contribution >= 4 is 11.8 Å². The van der Waals surface area contributed by atoms with Crippen LogP contribution < -0.4 is 5.32 Å². The van der Waals surface area contributed by atoms with Crippen LogP contribution in [0.4, 0.5) is 13.6 Å². The van der Waals surface area contributed by atoms with Crippen molar-refractivity contribution < 1.29 is 23.1 Å². The molecule has 0 radical (unpaired) electrons. The Morgan fingerprint density at radius 3 is 2.31 bits per heavy atom. The molecule has 39 heavy (non-hydrogen) atoms.